The van der Waals surface area contributed by atoms with E-state index in [1.54, 1.807) is 6.92 Å². The van der Waals surface area contributed by atoms with Crippen molar-refractivity contribution in [2.75, 3.05) is 13.2 Å². The van der Waals surface area contributed by atoms with Gasteiger partial charge in [-0.15, -0.1) is 11.3 Å². The van der Waals surface area contributed by atoms with E-state index in [1.807, 2.05) is 71.0 Å². The highest BCUT2D eigenvalue weighted by atomic mass is 32.1. The number of carbonyl (C=O) groups excluding carboxylic acids is 1. The summed E-state index contributed by atoms with van der Waals surface area (Å²) in [5.74, 6) is -0.163. The summed E-state index contributed by atoms with van der Waals surface area (Å²) < 4.78 is 50.8. The minimum Gasteiger partial charge on any atom is -0.483 e. The maximum atomic E-state index is 13.1. The van der Waals surface area contributed by atoms with E-state index in [-0.39, 0.29) is 5.75 Å². The SMILES string of the molecule is CCOC(=O)/C=C(/C)c1cc2c(-c3cc(C)cc(C(C)(C)C)c3OCC(F)(F)F)cccc2s1. The highest BCUT2D eigenvalue weighted by molar-refractivity contribution is 7.20. The summed E-state index contributed by atoms with van der Waals surface area (Å²) in [7, 11) is 0. The molecule has 1 heterocycles. The van der Waals surface area contributed by atoms with Gasteiger partial charge in [-0.25, -0.2) is 4.79 Å². The second kappa shape index (κ2) is 9.82. The van der Waals surface area contributed by atoms with Crippen molar-refractivity contribution in [1.29, 1.82) is 0 Å². The molecule has 0 aliphatic carbocycles. The molecule has 0 saturated carbocycles. The summed E-state index contributed by atoms with van der Waals surface area (Å²) in [6.07, 6.45) is -3.00. The Morgan fingerprint density at radius 3 is 2.41 bits per heavy atom. The van der Waals surface area contributed by atoms with Crippen molar-refractivity contribution < 1.29 is 27.4 Å². The van der Waals surface area contributed by atoms with Gasteiger partial charge in [0, 0.05) is 32.2 Å². The van der Waals surface area contributed by atoms with E-state index in [2.05, 4.69) is 0 Å². The lowest BCUT2D eigenvalue weighted by Crippen LogP contribution is -2.22. The lowest BCUT2D eigenvalue weighted by molar-refractivity contribution is -0.153. The first-order valence-electron chi connectivity index (χ1n) is 11.0. The first-order chi connectivity index (χ1) is 15.8. The van der Waals surface area contributed by atoms with Crippen LogP contribution in [0.15, 0.2) is 42.5 Å². The molecular formula is C27H29F3O3S. The number of hydrogen-bond acceptors (Lipinski definition) is 4. The van der Waals surface area contributed by atoms with E-state index in [1.165, 1.54) is 17.4 Å². The van der Waals surface area contributed by atoms with Crippen molar-refractivity contribution in [1.82, 2.24) is 0 Å². The number of hydrogen-bond donors (Lipinski definition) is 0. The molecule has 0 saturated heterocycles. The highest BCUT2D eigenvalue weighted by Gasteiger charge is 2.31. The molecular weight excluding hydrogens is 461 g/mol. The summed E-state index contributed by atoms with van der Waals surface area (Å²) in [6, 6.07) is 11.5. The van der Waals surface area contributed by atoms with Crippen LogP contribution in [0, 0.1) is 6.92 Å². The Morgan fingerprint density at radius 1 is 1.09 bits per heavy atom. The fourth-order valence-corrected chi connectivity index (χ4v) is 4.82. The average Bonchev–Trinajstić information content (AvgIpc) is 3.15. The molecule has 3 rings (SSSR count). The first-order valence-corrected chi connectivity index (χ1v) is 11.8. The Kier molecular flexibility index (Phi) is 7.46. The summed E-state index contributed by atoms with van der Waals surface area (Å²) in [6.45, 7) is 10.3. The molecule has 0 radical (unpaired) electrons. The number of allylic oxidation sites excluding steroid dienone is 1. The molecule has 182 valence electrons. The van der Waals surface area contributed by atoms with Crippen LogP contribution >= 0.6 is 11.3 Å². The predicted octanol–water partition coefficient (Wildman–Crippen LogP) is 8.08. The molecule has 3 nitrogen and oxygen atoms in total. The molecule has 0 atom stereocenters. The van der Waals surface area contributed by atoms with Crippen molar-refractivity contribution in [3.05, 3.63) is 58.5 Å². The molecule has 0 bridgehead atoms. The second-order valence-electron chi connectivity index (χ2n) is 9.25. The van der Waals surface area contributed by atoms with Crippen molar-refractivity contribution in [3.8, 4) is 16.9 Å². The largest absolute Gasteiger partial charge is 0.483 e. The highest BCUT2D eigenvalue weighted by Crippen LogP contribution is 2.45. The van der Waals surface area contributed by atoms with Gasteiger partial charge in [-0.2, -0.15) is 13.2 Å². The molecule has 0 spiro atoms. The summed E-state index contributed by atoms with van der Waals surface area (Å²) in [4.78, 5) is 12.8. The van der Waals surface area contributed by atoms with Gasteiger partial charge in [-0.05, 0) is 61.1 Å². The van der Waals surface area contributed by atoms with E-state index in [0.29, 0.717) is 12.2 Å². The Morgan fingerprint density at radius 2 is 1.79 bits per heavy atom. The van der Waals surface area contributed by atoms with Gasteiger partial charge in [-0.3, -0.25) is 0 Å². The van der Waals surface area contributed by atoms with E-state index >= 15 is 0 Å². The summed E-state index contributed by atoms with van der Waals surface area (Å²) in [5, 5.41) is 0.890. The smallest absolute Gasteiger partial charge is 0.422 e. The standard InChI is InChI=1S/C27H29F3O3S/c1-7-32-24(31)13-17(3)23-14-19-18(9-8-10-22(19)34-23)20-11-16(2)12-21(26(4,5)6)25(20)33-15-27(28,29)30/h8-14H,7,15H2,1-6H3/b17-13-. The molecule has 0 amide bonds. The molecule has 34 heavy (non-hydrogen) atoms. The van der Waals surface area contributed by atoms with Crippen molar-refractivity contribution in [2.24, 2.45) is 0 Å². The Balaban J connectivity index is 2.21. The zero-order valence-corrected chi connectivity index (χ0v) is 21.0. The summed E-state index contributed by atoms with van der Waals surface area (Å²) >= 11 is 1.51. The van der Waals surface area contributed by atoms with Gasteiger partial charge in [0.2, 0.25) is 0 Å². The Labute approximate surface area is 202 Å². The van der Waals surface area contributed by atoms with Crippen LogP contribution in [-0.4, -0.2) is 25.4 Å². The zero-order chi connectivity index (χ0) is 25.3. The van der Waals surface area contributed by atoms with Gasteiger partial charge in [0.15, 0.2) is 6.61 Å². The van der Waals surface area contributed by atoms with E-state index in [0.717, 1.165) is 37.2 Å². The number of alkyl halides is 3. The van der Waals surface area contributed by atoms with Crippen LogP contribution in [0.3, 0.4) is 0 Å². The number of carbonyl (C=O) groups is 1. The fourth-order valence-electron chi connectivity index (χ4n) is 3.76. The normalized spacial score (nSPS) is 12.8. The molecule has 0 unspecified atom stereocenters. The maximum Gasteiger partial charge on any atom is 0.422 e. The first kappa shape index (κ1) is 25.8. The lowest BCUT2D eigenvalue weighted by atomic mass is 9.83. The minimum atomic E-state index is -4.45. The van der Waals surface area contributed by atoms with Gasteiger partial charge < -0.3 is 9.47 Å². The monoisotopic (exact) mass is 490 g/mol. The predicted molar refractivity (Wildman–Crippen MR) is 133 cm³/mol. The zero-order valence-electron chi connectivity index (χ0n) is 20.2. The molecule has 7 heteroatoms. The van der Waals surface area contributed by atoms with Crippen molar-refractivity contribution in [2.45, 2.75) is 53.1 Å². The van der Waals surface area contributed by atoms with Crippen molar-refractivity contribution >= 4 is 33.0 Å². The van der Waals surface area contributed by atoms with E-state index in [9.17, 15) is 18.0 Å². The van der Waals surface area contributed by atoms with Gasteiger partial charge in [0.25, 0.3) is 0 Å². The molecule has 2 aromatic carbocycles. The van der Waals surface area contributed by atoms with E-state index in [4.69, 9.17) is 9.47 Å². The second-order valence-corrected chi connectivity index (χ2v) is 10.3. The van der Waals surface area contributed by atoms with Crippen LogP contribution in [0.4, 0.5) is 13.2 Å². The van der Waals surface area contributed by atoms with Crippen molar-refractivity contribution in [3.63, 3.8) is 0 Å². The van der Waals surface area contributed by atoms with Gasteiger partial charge >= 0.3 is 12.1 Å². The third kappa shape index (κ3) is 6.00. The molecule has 0 N–H and O–H groups in total. The number of thiophene rings is 1. The number of benzene rings is 2. The average molecular weight is 491 g/mol. The Hall–Kier alpha value is -2.80. The van der Waals surface area contributed by atoms with Crippen LogP contribution < -0.4 is 4.74 Å². The number of fused-ring (bicyclic) bond motifs is 1. The quantitative estimate of drug-likeness (QED) is 0.259. The Bertz CT molecular complexity index is 1230. The third-order valence-electron chi connectivity index (χ3n) is 5.28. The van der Waals surface area contributed by atoms with Crippen LogP contribution in [0.25, 0.3) is 26.8 Å². The maximum absolute atomic E-state index is 13.1. The van der Waals surface area contributed by atoms with Gasteiger partial charge in [0.1, 0.15) is 5.75 Å². The molecule has 3 aromatic rings. The molecule has 1 aromatic heterocycles. The van der Waals surface area contributed by atoms with Crippen LogP contribution in [-0.2, 0) is 14.9 Å². The summed E-state index contributed by atoms with van der Waals surface area (Å²) in [5.41, 5.74) is 3.40. The lowest BCUT2D eigenvalue weighted by Gasteiger charge is -2.26. The van der Waals surface area contributed by atoms with Gasteiger partial charge in [-0.1, -0.05) is 39.0 Å². The topological polar surface area (TPSA) is 35.5 Å². The number of ether oxygens (including phenoxy) is 2. The molecule has 0 fully saturated rings. The molecule has 0 aliphatic heterocycles. The van der Waals surface area contributed by atoms with Crippen LogP contribution in [0.5, 0.6) is 5.75 Å². The third-order valence-corrected chi connectivity index (χ3v) is 6.52. The number of esters is 1. The molecule has 0 aliphatic rings. The number of halogens is 3. The minimum absolute atomic E-state index is 0.245. The van der Waals surface area contributed by atoms with Crippen LogP contribution in [0.2, 0.25) is 0 Å². The fraction of sp³-hybridized carbons (Fsp3) is 0.370. The van der Waals surface area contributed by atoms with Crippen LogP contribution in [0.1, 0.15) is 50.6 Å². The number of aryl methyl sites for hydroxylation is 1. The number of rotatable bonds is 6. The van der Waals surface area contributed by atoms with Gasteiger partial charge in [0.05, 0.1) is 6.61 Å². The van der Waals surface area contributed by atoms with E-state index < -0.39 is 24.2 Å².